The quantitative estimate of drug-likeness (QED) is 0.642. The molecule has 0 fully saturated rings. The van der Waals surface area contributed by atoms with E-state index in [4.69, 9.17) is 11.6 Å². The summed E-state index contributed by atoms with van der Waals surface area (Å²) in [4.78, 5) is 28.4. The van der Waals surface area contributed by atoms with Crippen LogP contribution < -0.4 is 10.9 Å². The van der Waals surface area contributed by atoms with Crippen LogP contribution in [0.4, 0.5) is 0 Å². The highest BCUT2D eigenvalue weighted by atomic mass is 35.5. The molecule has 0 unspecified atom stereocenters. The molecule has 2 N–H and O–H groups in total. The van der Waals surface area contributed by atoms with Gasteiger partial charge in [-0.25, -0.2) is 4.98 Å². The predicted octanol–water partition coefficient (Wildman–Crippen LogP) is 3.70. The fourth-order valence-electron chi connectivity index (χ4n) is 2.48. The van der Waals surface area contributed by atoms with E-state index in [0.29, 0.717) is 10.7 Å². The van der Waals surface area contributed by atoms with Crippen molar-refractivity contribution in [3.8, 4) is 10.6 Å². The molecule has 0 saturated heterocycles. The number of nitrogens with one attached hydrogen (secondary N) is 2. The molecule has 27 heavy (non-hydrogen) atoms. The van der Waals surface area contributed by atoms with Crippen molar-refractivity contribution >= 4 is 34.8 Å². The number of carbonyl (C=O) groups excluding carboxylic acids is 2. The molecule has 1 aromatic heterocycles. The Balaban J connectivity index is 1.49. The Morgan fingerprint density at radius 1 is 1.04 bits per heavy atom. The molecule has 0 saturated carbocycles. The molecule has 5 nitrogen and oxygen atoms in total. The number of carbonyl (C=O) groups is 2. The fraction of sp³-hybridized carbons (Fsp3) is 0.150. The smallest absolute Gasteiger partial charge is 0.244 e. The number of halogens is 1. The summed E-state index contributed by atoms with van der Waals surface area (Å²) >= 11 is 7.31. The van der Waals surface area contributed by atoms with Gasteiger partial charge in [-0.15, -0.1) is 11.3 Å². The minimum absolute atomic E-state index is 0.101. The lowest BCUT2D eigenvalue weighted by Gasteiger charge is -2.07. The van der Waals surface area contributed by atoms with E-state index in [1.807, 2.05) is 30.5 Å². The highest BCUT2D eigenvalue weighted by Gasteiger charge is 2.10. The number of aryl methyl sites for hydroxylation is 1. The van der Waals surface area contributed by atoms with Gasteiger partial charge in [0.25, 0.3) is 0 Å². The zero-order valence-corrected chi connectivity index (χ0v) is 16.2. The van der Waals surface area contributed by atoms with Gasteiger partial charge in [0.05, 0.1) is 18.5 Å². The summed E-state index contributed by atoms with van der Waals surface area (Å²) in [6.07, 6.45) is 0.259. The van der Waals surface area contributed by atoms with Crippen LogP contribution in [0.1, 0.15) is 16.8 Å². The number of hydrogen-bond acceptors (Lipinski definition) is 4. The molecule has 0 aliphatic rings. The van der Waals surface area contributed by atoms with Crippen molar-refractivity contribution in [2.45, 2.75) is 19.8 Å². The molecule has 3 aromatic rings. The van der Waals surface area contributed by atoms with Crippen LogP contribution in [-0.4, -0.2) is 16.8 Å². The summed E-state index contributed by atoms with van der Waals surface area (Å²) in [5.41, 5.74) is 8.51. The predicted molar refractivity (Wildman–Crippen MR) is 107 cm³/mol. The maximum Gasteiger partial charge on any atom is 0.244 e. The fourth-order valence-corrected chi connectivity index (χ4v) is 3.42. The van der Waals surface area contributed by atoms with Crippen molar-refractivity contribution in [3.63, 3.8) is 0 Å². The molecule has 0 atom stereocenters. The molecule has 0 bridgehead atoms. The van der Waals surface area contributed by atoms with Gasteiger partial charge in [-0.05, 0) is 30.7 Å². The number of nitrogens with zero attached hydrogens (tertiary/aromatic N) is 1. The second-order valence-corrected chi connectivity index (χ2v) is 7.38. The second kappa shape index (κ2) is 8.79. The standard InChI is InChI=1S/C20H18ClN3O2S/c1-13-3-2-4-15(9-13)20-22-17(12-27-20)11-19(26)24-23-18(25)10-14-5-7-16(21)8-6-14/h2-9,12H,10-11H2,1H3,(H,23,25)(H,24,26). The summed E-state index contributed by atoms with van der Waals surface area (Å²) in [5, 5.41) is 3.33. The van der Waals surface area contributed by atoms with Crippen LogP contribution in [0.5, 0.6) is 0 Å². The Hall–Kier alpha value is -2.70. The van der Waals surface area contributed by atoms with Gasteiger partial charge in [-0.1, -0.05) is 47.5 Å². The largest absolute Gasteiger partial charge is 0.273 e. The minimum atomic E-state index is -0.319. The van der Waals surface area contributed by atoms with Gasteiger partial charge in [0.2, 0.25) is 11.8 Å². The lowest BCUT2D eigenvalue weighted by atomic mass is 10.1. The molecule has 138 valence electrons. The van der Waals surface area contributed by atoms with Crippen LogP contribution in [0, 0.1) is 6.92 Å². The van der Waals surface area contributed by atoms with Crippen molar-refractivity contribution in [1.82, 2.24) is 15.8 Å². The summed E-state index contributed by atoms with van der Waals surface area (Å²) in [6, 6.07) is 15.0. The van der Waals surface area contributed by atoms with Crippen molar-refractivity contribution in [2.75, 3.05) is 0 Å². The van der Waals surface area contributed by atoms with E-state index < -0.39 is 0 Å². The average molecular weight is 400 g/mol. The molecule has 0 radical (unpaired) electrons. The van der Waals surface area contributed by atoms with E-state index in [9.17, 15) is 9.59 Å². The van der Waals surface area contributed by atoms with Crippen LogP contribution in [0.3, 0.4) is 0 Å². The number of hydrogen-bond donors (Lipinski definition) is 2. The lowest BCUT2D eigenvalue weighted by Crippen LogP contribution is -2.43. The maximum atomic E-state index is 12.0. The number of thiazole rings is 1. The highest BCUT2D eigenvalue weighted by Crippen LogP contribution is 2.24. The maximum absolute atomic E-state index is 12.0. The molecule has 0 spiro atoms. The minimum Gasteiger partial charge on any atom is -0.273 e. The van der Waals surface area contributed by atoms with Gasteiger partial charge >= 0.3 is 0 Å². The van der Waals surface area contributed by atoms with Crippen LogP contribution in [0.15, 0.2) is 53.9 Å². The number of hydrazine groups is 1. The number of aromatic nitrogens is 1. The monoisotopic (exact) mass is 399 g/mol. The van der Waals surface area contributed by atoms with Gasteiger partial charge < -0.3 is 0 Å². The summed E-state index contributed by atoms with van der Waals surface area (Å²) < 4.78 is 0. The van der Waals surface area contributed by atoms with Gasteiger partial charge in [0.1, 0.15) is 5.01 Å². The van der Waals surface area contributed by atoms with Gasteiger partial charge in [-0.2, -0.15) is 0 Å². The van der Waals surface area contributed by atoms with Crippen LogP contribution >= 0.6 is 22.9 Å². The topological polar surface area (TPSA) is 71.1 Å². The van der Waals surface area contributed by atoms with E-state index in [-0.39, 0.29) is 24.7 Å². The Labute approximate surface area is 166 Å². The number of rotatable bonds is 5. The van der Waals surface area contributed by atoms with Crippen molar-refractivity contribution in [2.24, 2.45) is 0 Å². The Kier molecular flexibility index (Phi) is 6.21. The Morgan fingerprint density at radius 2 is 1.74 bits per heavy atom. The van der Waals surface area contributed by atoms with Crippen LogP contribution in [0.25, 0.3) is 10.6 Å². The first-order chi connectivity index (χ1) is 13.0. The summed E-state index contributed by atoms with van der Waals surface area (Å²) in [5.74, 6) is -0.620. The molecule has 0 aliphatic carbocycles. The Bertz CT molecular complexity index is 954. The highest BCUT2D eigenvalue weighted by molar-refractivity contribution is 7.13. The van der Waals surface area contributed by atoms with Crippen LogP contribution in [-0.2, 0) is 22.4 Å². The summed E-state index contributed by atoms with van der Waals surface area (Å²) in [6.45, 7) is 2.03. The Morgan fingerprint density at radius 3 is 2.44 bits per heavy atom. The van der Waals surface area contributed by atoms with E-state index >= 15 is 0 Å². The molecular weight excluding hydrogens is 382 g/mol. The number of benzene rings is 2. The zero-order chi connectivity index (χ0) is 19.2. The second-order valence-electron chi connectivity index (χ2n) is 6.09. The molecule has 0 aliphatic heterocycles. The van der Waals surface area contributed by atoms with E-state index in [1.54, 1.807) is 24.3 Å². The molecule has 7 heteroatoms. The van der Waals surface area contributed by atoms with Crippen molar-refractivity contribution < 1.29 is 9.59 Å². The van der Waals surface area contributed by atoms with Gasteiger partial charge in [-0.3, -0.25) is 20.4 Å². The third-order valence-corrected chi connectivity index (χ3v) is 4.97. The molecule has 3 rings (SSSR count). The van der Waals surface area contributed by atoms with Crippen molar-refractivity contribution in [3.05, 3.63) is 75.8 Å². The molecule has 2 aromatic carbocycles. The first kappa shape index (κ1) is 19.1. The molecular formula is C20H18ClN3O2S. The lowest BCUT2D eigenvalue weighted by molar-refractivity contribution is -0.128. The van der Waals surface area contributed by atoms with Crippen molar-refractivity contribution in [1.29, 1.82) is 0 Å². The van der Waals surface area contributed by atoms with Gasteiger partial charge in [0, 0.05) is 16.0 Å². The third kappa shape index (κ3) is 5.64. The van der Waals surface area contributed by atoms with E-state index in [2.05, 4.69) is 21.9 Å². The van der Waals surface area contributed by atoms with Crippen LogP contribution in [0.2, 0.25) is 5.02 Å². The first-order valence-electron chi connectivity index (χ1n) is 8.33. The molecule has 1 heterocycles. The van der Waals surface area contributed by atoms with E-state index in [1.165, 1.54) is 11.3 Å². The summed E-state index contributed by atoms with van der Waals surface area (Å²) in [7, 11) is 0. The molecule has 2 amide bonds. The number of amides is 2. The normalized spacial score (nSPS) is 10.4. The SMILES string of the molecule is Cc1cccc(-c2nc(CC(=O)NNC(=O)Cc3ccc(Cl)cc3)cs2)c1. The van der Waals surface area contributed by atoms with E-state index in [0.717, 1.165) is 21.7 Å². The third-order valence-electron chi connectivity index (χ3n) is 3.78. The average Bonchev–Trinajstić information content (AvgIpc) is 3.10. The van der Waals surface area contributed by atoms with Gasteiger partial charge in [0.15, 0.2) is 0 Å². The first-order valence-corrected chi connectivity index (χ1v) is 9.59. The zero-order valence-electron chi connectivity index (χ0n) is 14.7.